The zero-order chi connectivity index (χ0) is 8.10. The van der Waals surface area contributed by atoms with E-state index >= 15 is 0 Å². The second kappa shape index (κ2) is 3.64. The van der Waals surface area contributed by atoms with Crippen LogP contribution in [0.2, 0.25) is 0 Å². The molecule has 0 fully saturated rings. The molecule has 0 bridgehead atoms. The highest BCUT2D eigenvalue weighted by Crippen LogP contribution is 2.15. The largest absolute Gasteiger partial charge is 0.262 e. The highest BCUT2D eigenvalue weighted by Gasteiger charge is 1.95. The van der Waals surface area contributed by atoms with Crippen LogP contribution in [0.15, 0.2) is 23.5 Å². The van der Waals surface area contributed by atoms with Gasteiger partial charge in [0.2, 0.25) is 6.08 Å². The first-order chi connectivity index (χ1) is 5.38. The molecule has 0 amide bonds. The van der Waals surface area contributed by atoms with Gasteiger partial charge < -0.3 is 0 Å². The third kappa shape index (κ3) is 1.72. The minimum Gasteiger partial charge on any atom is -0.262 e. The van der Waals surface area contributed by atoms with Gasteiger partial charge in [-0.3, -0.25) is 4.98 Å². The Bertz CT molecular complexity index is 290. The van der Waals surface area contributed by atoms with Gasteiger partial charge in [0.25, 0.3) is 0 Å². The van der Waals surface area contributed by atoms with Crippen LogP contribution in [-0.2, 0) is 11.2 Å². The highest BCUT2D eigenvalue weighted by molar-refractivity contribution is 5.51. The van der Waals surface area contributed by atoms with Gasteiger partial charge in [-0.25, -0.2) is 4.79 Å². The highest BCUT2D eigenvalue weighted by atomic mass is 16.1. The zero-order valence-electron chi connectivity index (χ0n) is 6.24. The Kier molecular flexibility index (Phi) is 2.53. The second-order valence-corrected chi connectivity index (χ2v) is 2.06. The Balaban J connectivity index is 3.11. The number of nitrogens with zero attached hydrogens (tertiary/aromatic N) is 2. The predicted octanol–water partition coefficient (Wildman–Crippen LogP) is 1.61. The third-order valence-corrected chi connectivity index (χ3v) is 1.43. The zero-order valence-corrected chi connectivity index (χ0v) is 6.24. The fraction of sp³-hybridized carbons (Fsp3) is 0.250. The van der Waals surface area contributed by atoms with E-state index in [0.717, 1.165) is 12.0 Å². The van der Waals surface area contributed by atoms with Crippen molar-refractivity contribution in [3.05, 3.63) is 24.0 Å². The number of aliphatic imine (C=N–C) groups is 1. The van der Waals surface area contributed by atoms with Gasteiger partial charge in [0.05, 0.1) is 11.9 Å². The summed E-state index contributed by atoms with van der Waals surface area (Å²) in [7, 11) is 0. The van der Waals surface area contributed by atoms with E-state index in [4.69, 9.17) is 0 Å². The molecule has 1 heterocycles. The van der Waals surface area contributed by atoms with Gasteiger partial charge in [-0.15, -0.1) is 0 Å². The first kappa shape index (κ1) is 7.63. The average Bonchev–Trinajstić information content (AvgIpc) is 2.06. The molecule has 0 saturated carbocycles. The van der Waals surface area contributed by atoms with Gasteiger partial charge in [-0.2, -0.15) is 4.99 Å². The second-order valence-electron chi connectivity index (χ2n) is 2.06. The minimum absolute atomic E-state index is 0.616. The molecule has 0 aliphatic carbocycles. The lowest BCUT2D eigenvalue weighted by Crippen LogP contribution is -1.81. The number of aryl methyl sites for hydroxylation is 1. The number of isocyanates is 1. The molecule has 0 N–H and O–H groups in total. The van der Waals surface area contributed by atoms with E-state index in [1.165, 1.54) is 6.08 Å². The van der Waals surface area contributed by atoms with Gasteiger partial charge in [0.1, 0.15) is 0 Å². The van der Waals surface area contributed by atoms with Crippen LogP contribution in [0.1, 0.15) is 12.5 Å². The summed E-state index contributed by atoms with van der Waals surface area (Å²) < 4.78 is 0. The first-order valence-corrected chi connectivity index (χ1v) is 3.39. The average molecular weight is 148 g/mol. The van der Waals surface area contributed by atoms with Crippen molar-refractivity contribution in [3.8, 4) is 0 Å². The Morgan fingerprint density at radius 3 is 3.18 bits per heavy atom. The molecular formula is C8H8N2O. The molecule has 0 unspecified atom stereocenters. The third-order valence-electron chi connectivity index (χ3n) is 1.43. The first-order valence-electron chi connectivity index (χ1n) is 3.39. The lowest BCUT2D eigenvalue weighted by Gasteiger charge is -1.96. The van der Waals surface area contributed by atoms with Crippen LogP contribution in [0.4, 0.5) is 5.69 Å². The normalized spacial score (nSPS) is 8.82. The van der Waals surface area contributed by atoms with E-state index in [2.05, 4.69) is 9.98 Å². The molecule has 0 spiro atoms. The molecule has 11 heavy (non-hydrogen) atoms. The predicted molar refractivity (Wildman–Crippen MR) is 41.4 cm³/mol. The van der Waals surface area contributed by atoms with Crippen molar-refractivity contribution in [3.63, 3.8) is 0 Å². The fourth-order valence-corrected chi connectivity index (χ4v) is 0.864. The number of pyridine rings is 1. The summed E-state index contributed by atoms with van der Waals surface area (Å²) in [6, 6.07) is 1.84. The van der Waals surface area contributed by atoms with Crippen LogP contribution in [0, 0.1) is 0 Å². The van der Waals surface area contributed by atoms with E-state index in [1.807, 2.05) is 13.0 Å². The fourth-order valence-electron chi connectivity index (χ4n) is 0.864. The number of rotatable bonds is 2. The van der Waals surface area contributed by atoms with Gasteiger partial charge in [-0.1, -0.05) is 6.92 Å². The molecule has 56 valence electrons. The van der Waals surface area contributed by atoms with Crippen LogP contribution in [0.5, 0.6) is 0 Å². The Labute approximate surface area is 64.8 Å². The van der Waals surface area contributed by atoms with Gasteiger partial charge >= 0.3 is 0 Å². The van der Waals surface area contributed by atoms with Crippen molar-refractivity contribution < 1.29 is 4.79 Å². The van der Waals surface area contributed by atoms with E-state index in [0.29, 0.717) is 5.69 Å². The Morgan fingerprint density at radius 1 is 1.73 bits per heavy atom. The summed E-state index contributed by atoms with van der Waals surface area (Å²) in [6.45, 7) is 2.00. The molecule has 1 aromatic rings. The van der Waals surface area contributed by atoms with E-state index < -0.39 is 0 Å². The minimum atomic E-state index is 0.616. The molecule has 3 nitrogen and oxygen atoms in total. The van der Waals surface area contributed by atoms with Crippen molar-refractivity contribution in [1.82, 2.24) is 4.98 Å². The molecule has 0 saturated heterocycles. The molecule has 0 aromatic carbocycles. The number of aromatic nitrogens is 1. The number of carbonyl (C=O) groups excluding carboxylic acids is 1. The molecule has 0 atom stereocenters. The summed E-state index contributed by atoms with van der Waals surface area (Å²) in [4.78, 5) is 17.3. The monoisotopic (exact) mass is 148 g/mol. The number of hydrogen-bond acceptors (Lipinski definition) is 3. The quantitative estimate of drug-likeness (QED) is 0.472. The number of hydrogen-bond donors (Lipinski definition) is 0. The van der Waals surface area contributed by atoms with Crippen LogP contribution < -0.4 is 0 Å². The van der Waals surface area contributed by atoms with E-state index in [9.17, 15) is 4.79 Å². The van der Waals surface area contributed by atoms with Crippen molar-refractivity contribution in [2.75, 3.05) is 0 Å². The lowest BCUT2D eigenvalue weighted by atomic mass is 10.2. The summed E-state index contributed by atoms with van der Waals surface area (Å²) in [6.07, 6.45) is 5.59. The summed E-state index contributed by atoms with van der Waals surface area (Å²) >= 11 is 0. The van der Waals surface area contributed by atoms with Gasteiger partial charge in [0, 0.05) is 6.20 Å². The summed E-state index contributed by atoms with van der Waals surface area (Å²) in [5.41, 5.74) is 1.63. The van der Waals surface area contributed by atoms with Crippen molar-refractivity contribution in [1.29, 1.82) is 0 Å². The summed E-state index contributed by atoms with van der Waals surface area (Å²) in [5, 5.41) is 0. The maximum Gasteiger partial charge on any atom is 0.240 e. The molecule has 0 aliphatic heterocycles. The molecule has 3 heteroatoms. The van der Waals surface area contributed by atoms with Crippen LogP contribution >= 0.6 is 0 Å². The van der Waals surface area contributed by atoms with Crippen molar-refractivity contribution >= 4 is 11.8 Å². The molecule has 1 rings (SSSR count). The Hall–Kier alpha value is -1.47. The van der Waals surface area contributed by atoms with Crippen molar-refractivity contribution in [2.45, 2.75) is 13.3 Å². The van der Waals surface area contributed by atoms with Gasteiger partial charge in [-0.05, 0) is 18.1 Å². The smallest absolute Gasteiger partial charge is 0.240 e. The van der Waals surface area contributed by atoms with Crippen LogP contribution in [0.25, 0.3) is 0 Å². The molecule has 0 radical (unpaired) electrons. The molecule has 0 aliphatic rings. The standard InChI is InChI=1S/C8H8N2O/c1-2-7-3-4-9-5-8(7)10-6-11/h3-5H,2H2,1H3. The van der Waals surface area contributed by atoms with Gasteiger partial charge in [0.15, 0.2) is 0 Å². The van der Waals surface area contributed by atoms with Crippen LogP contribution in [0.3, 0.4) is 0 Å². The topological polar surface area (TPSA) is 42.3 Å². The summed E-state index contributed by atoms with van der Waals surface area (Å²) in [5.74, 6) is 0. The molecular weight excluding hydrogens is 140 g/mol. The lowest BCUT2D eigenvalue weighted by molar-refractivity contribution is 0.565. The molecule has 1 aromatic heterocycles. The maximum atomic E-state index is 9.92. The van der Waals surface area contributed by atoms with Crippen molar-refractivity contribution in [2.24, 2.45) is 4.99 Å². The van der Waals surface area contributed by atoms with Crippen LogP contribution in [-0.4, -0.2) is 11.1 Å². The maximum absolute atomic E-state index is 9.92. The van der Waals surface area contributed by atoms with E-state index in [-0.39, 0.29) is 0 Å². The van der Waals surface area contributed by atoms with E-state index in [1.54, 1.807) is 12.4 Å². The Morgan fingerprint density at radius 2 is 2.55 bits per heavy atom. The SMILES string of the molecule is CCc1ccncc1N=C=O.